The normalized spacial score (nSPS) is 15.2. The molecule has 158 valence electrons. The molecule has 1 fully saturated rings. The average Bonchev–Trinajstić information content (AvgIpc) is 3.19. The van der Waals surface area contributed by atoms with Crippen LogP contribution in [-0.4, -0.2) is 78.5 Å². The van der Waals surface area contributed by atoms with Gasteiger partial charge < -0.3 is 14.4 Å². The van der Waals surface area contributed by atoms with Crippen LogP contribution >= 0.6 is 0 Å². The van der Waals surface area contributed by atoms with Crippen molar-refractivity contribution in [1.29, 1.82) is 0 Å². The minimum absolute atomic E-state index is 0.153. The van der Waals surface area contributed by atoms with Crippen LogP contribution in [-0.2, 0) is 13.0 Å². The molecule has 5 nitrogen and oxygen atoms in total. The molecule has 4 rings (SSSR count). The lowest BCUT2D eigenvalue weighted by Crippen LogP contribution is -2.49. The third kappa shape index (κ3) is 4.91. The number of hydrogen-bond acceptors (Lipinski definition) is 3. The molecular weight excluding hydrogens is 372 g/mol. The van der Waals surface area contributed by atoms with Crippen LogP contribution in [0.25, 0.3) is 10.9 Å². The summed E-state index contributed by atoms with van der Waals surface area (Å²) in [4.78, 5) is 19.7. The van der Waals surface area contributed by atoms with E-state index in [0.717, 1.165) is 63.2 Å². The van der Waals surface area contributed by atoms with E-state index in [1.807, 2.05) is 17.0 Å². The van der Waals surface area contributed by atoms with Gasteiger partial charge in [0.05, 0.1) is 0 Å². The monoisotopic (exact) mass is 404 g/mol. The summed E-state index contributed by atoms with van der Waals surface area (Å²) in [5.74, 6) is 0.153. The van der Waals surface area contributed by atoms with E-state index in [0.29, 0.717) is 0 Å². The fourth-order valence-electron chi connectivity index (χ4n) is 4.12. The lowest BCUT2D eigenvalue weighted by atomic mass is 10.1. The van der Waals surface area contributed by atoms with E-state index >= 15 is 0 Å². The fourth-order valence-corrected chi connectivity index (χ4v) is 4.12. The Balaban J connectivity index is 1.33. The van der Waals surface area contributed by atoms with Crippen molar-refractivity contribution >= 4 is 16.8 Å². The van der Waals surface area contributed by atoms with E-state index in [4.69, 9.17) is 0 Å². The molecule has 0 radical (unpaired) electrons. The van der Waals surface area contributed by atoms with Gasteiger partial charge in [-0.1, -0.05) is 30.3 Å². The molecule has 3 aromatic rings. The maximum absolute atomic E-state index is 13.0. The predicted octanol–water partition coefficient (Wildman–Crippen LogP) is 3.20. The molecule has 1 saturated heterocycles. The summed E-state index contributed by atoms with van der Waals surface area (Å²) in [5, 5.41) is 1.14. The highest BCUT2D eigenvalue weighted by molar-refractivity contribution is 5.98. The maximum Gasteiger partial charge on any atom is 0.253 e. The van der Waals surface area contributed by atoms with Crippen molar-refractivity contribution in [3.8, 4) is 0 Å². The van der Waals surface area contributed by atoms with Gasteiger partial charge in [-0.15, -0.1) is 0 Å². The number of carbonyl (C=O) groups is 1. The summed E-state index contributed by atoms with van der Waals surface area (Å²) in [7, 11) is 4.17. The molecule has 0 bridgehead atoms. The van der Waals surface area contributed by atoms with E-state index in [1.54, 1.807) is 0 Å². The van der Waals surface area contributed by atoms with E-state index in [2.05, 4.69) is 77.1 Å². The van der Waals surface area contributed by atoms with Crippen molar-refractivity contribution in [3.05, 3.63) is 71.9 Å². The van der Waals surface area contributed by atoms with Gasteiger partial charge in [0.25, 0.3) is 5.91 Å². The Labute approximate surface area is 179 Å². The van der Waals surface area contributed by atoms with E-state index in [9.17, 15) is 4.79 Å². The van der Waals surface area contributed by atoms with Crippen molar-refractivity contribution < 1.29 is 4.79 Å². The number of benzene rings is 2. The third-order valence-corrected chi connectivity index (χ3v) is 6.03. The van der Waals surface area contributed by atoms with Crippen LogP contribution < -0.4 is 0 Å². The number of amides is 1. The molecule has 1 aliphatic rings. The van der Waals surface area contributed by atoms with Crippen LogP contribution in [0, 0.1) is 0 Å². The third-order valence-electron chi connectivity index (χ3n) is 6.03. The first-order valence-electron chi connectivity index (χ1n) is 10.9. The van der Waals surface area contributed by atoms with Gasteiger partial charge in [-0.3, -0.25) is 9.69 Å². The minimum atomic E-state index is 0.153. The smallest absolute Gasteiger partial charge is 0.253 e. The Hall–Kier alpha value is -2.63. The van der Waals surface area contributed by atoms with Gasteiger partial charge >= 0.3 is 0 Å². The average molecular weight is 405 g/mol. The molecule has 0 spiro atoms. The SMILES string of the molecule is CN(C)CCn1ccc2cc(C(=O)N3CCN(CCc4ccccc4)CC3)ccc21. The zero-order valence-corrected chi connectivity index (χ0v) is 18.1. The maximum atomic E-state index is 13.0. The van der Waals surface area contributed by atoms with Gasteiger partial charge in [0.15, 0.2) is 0 Å². The van der Waals surface area contributed by atoms with Crippen molar-refractivity contribution in [2.45, 2.75) is 13.0 Å². The second-order valence-electron chi connectivity index (χ2n) is 8.46. The number of fused-ring (bicyclic) bond motifs is 1. The van der Waals surface area contributed by atoms with E-state index in [-0.39, 0.29) is 5.91 Å². The molecule has 0 saturated carbocycles. The highest BCUT2D eigenvalue weighted by Gasteiger charge is 2.22. The number of hydrogen-bond donors (Lipinski definition) is 0. The lowest BCUT2D eigenvalue weighted by molar-refractivity contribution is 0.0638. The molecule has 5 heteroatoms. The van der Waals surface area contributed by atoms with Gasteiger partial charge in [-0.2, -0.15) is 0 Å². The van der Waals surface area contributed by atoms with Crippen LogP contribution in [0.5, 0.6) is 0 Å². The largest absolute Gasteiger partial charge is 0.346 e. The second kappa shape index (κ2) is 9.45. The molecule has 0 unspecified atom stereocenters. The zero-order valence-electron chi connectivity index (χ0n) is 18.1. The van der Waals surface area contributed by atoms with Crippen molar-refractivity contribution in [3.63, 3.8) is 0 Å². The first-order valence-corrected chi connectivity index (χ1v) is 10.9. The molecule has 1 aromatic heterocycles. The topological polar surface area (TPSA) is 31.7 Å². The number of carbonyl (C=O) groups excluding carboxylic acids is 1. The summed E-state index contributed by atoms with van der Waals surface area (Å²) >= 11 is 0. The Morgan fingerprint density at radius 2 is 1.70 bits per heavy atom. The predicted molar refractivity (Wildman–Crippen MR) is 123 cm³/mol. The summed E-state index contributed by atoms with van der Waals surface area (Å²) < 4.78 is 2.26. The first-order chi connectivity index (χ1) is 14.6. The quantitative estimate of drug-likeness (QED) is 0.606. The Morgan fingerprint density at radius 1 is 0.933 bits per heavy atom. The lowest BCUT2D eigenvalue weighted by Gasteiger charge is -2.34. The van der Waals surface area contributed by atoms with Gasteiger partial charge in [0.2, 0.25) is 0 Å². The van der Waals surface area contributed by atoms with Crippen LogP contribution in [0.2, 0.25) is 0 Å². The standard InChI is InChI=1S/C25H32N4O/c1-26(2)14-17-28-13-11-22-20-23(8-9-24(22)28)25(30)29-18-15-27(16-19-29)12-10-21-6-4-3-5-7-21/h3-9,11,13,20H,10,12,14-19H2,1-2H3. The highest BCUT2D eigenvalue weighted by Crippen LogP contribution is 2.19. The number of likely N-dealkylation sites (N-methyl/N-ethyl adjacent to an activating group) is 1. The Bertz CT molecular complexity index is 971. The molecule has 1 amide bonds. The number of piperazine rings is 1. The van der Waals surface area contributed by atoms with Crippen LogP contribution in [0.3, 0.4) is 0 Å². The highest BCUT2D eigenvalue weighted by atomic mass is 16.2. The number of rotatable bonds is 7. The van der Waals surface area contributed by atoms with Gasteiger partial charge in [0.1, 0.15) is 0 Å². The second-order valence-corrected chi connectivity index (χ2v) is 8.46. The van der Waals surface area contributed by atoms with E-state index < -0.39 is 0 Å². The van der Waals surface area contributed by atoms with E-state index in [1.165, 1.54) is 11.1 Å². The summed E-state index contributed by atoms with van der Waals surface area (Å²) in [6.07, 6.45) is 3.18. The Kier molecular flexibility index (Phi) is 6.50. The molecular formula is C25H32N4O. The first kappa shape index (κ1) is 20.6. The minimum Gasteiger partial charge on any atom is -0.346 e. The summed E-state index contributed by atoms with van der Waals surface area (Å²) in [6.45, 7) is 6.50. The Morgan fingerprint density at radius 3 is 2.43 bits per heavy atom. The fraction of sp³-hybridized carbons (Fsp3) is 0.400. The molecule has 0 aliphatic carbocycles. The zero-order chi connectivity index (χ0) is 20.9. The number of aromatic nitrogens is 1. The van der Waals surface area contributed by atoms with Crippen LogP contribution in [0.15, 0.2) is 60.8 Å². The van der Waals surface area contributed by atoms with Crippen molar-refractivity contribution in [1.82, 2.24) is 19.3 Å². The van der Waals surface area contributed by atoms with Crippen molar-refractivity contribution in [2.75, 3.05) is 53.4 Å². The molecule has 1 aliphatic heterocycles. The molecule has 2 aromatic carbocycles. The van der Waals surface area contributed by atoms with Gasteiger partial charge in [-0.05, 0) is 50.3 Å². The molecule has 0 atom stereocenters. The van der Waals surface area contributed by atoms with Crippen LogP contribution in [0.1, 0.15) is 15.9 Å². The van der Waals surface area contributed by atoms with Crippen LogP contribution in [0.4, 0.5) is 0 Å². The molecule has 0 N–H and O–H groups in total. The molecule has 30 heavy (non-hydrogen) atoms. The number of nitrogens with zero attached hydrogens (tertiary/aromatic N) is 4. The van der Waals surface area contributed by atoms with Crippen molar-refractivity contribution in [2.24, 2.45) is 0 Å². The van der Waals surface area contributed by atoms with Gasteiger partial charge in [-0.25, -0.2) is 0 Å². The summed E-state index contributed by atoms with van der Waals surface area (Å²) in [6, 6.07) is 18.9. The summed E-state index contributed by atoms with van der Waals surface area (Å²) in [5.41, 5.74) is 3.37. The van der Waals surface area contributed by atoms with Gasteiger partial charge in [0, 0.05) is 68.5 Å². The molecule has 2 heterocycles.